The van der Waals surface area contributed by atoms with Crippen LogP contribution in [-0.4, -0.2) is 13.4 Å². The van der Waals surface area contributed by atoms with Crippen LogP contribution < -0.4 is 4.74 Å². The fraction of sp³-hybridized carbons (Fsp3) is 0.611. The average Bonchev–Trinajstić information content (AvgIpc) is 2.39. The number of carbonyl (C=O) groups excluding carboxylic acids is 1. The van der Waals surface area contributed by atoms with Crippen molar-refractivity contribution in [3.8, 4) is 5.75 Å². The van der Waals surface area contributed by atoms with Crippen LogP contribution in [0.4, 0.5) is 0 Å². The van der Waals surface area contributed by atoms with Gasteiger partial charge in [0.05, 0.1) is 12.5 Å². The van der Waals surface area contributed by atoms with E-state index in [1.165, 1.54) is 12.7 Å². The monoisotopic (exact) mass is 274 g/mol. The summed E-state index contributed by atoms with van der Waals surface area (Å²) in [5.41, 5.74) is 1.85. The first kappa shape index (κ1) is 15.1. The molecule has 2 rings (SSSR count). The van der Waals surface area contributed by atoms with Gasteiger partial charge in [-0.1, -0.05) is 39.3 Å². The van der Waals surface area contributed by atoms with Crippen LogP contribution in [0.25, 0.3) is 0 Å². The van der Waals surface area contributed by atoms with Gasteiger partial charge in [-0.3, -0.25) is 0 Å². The molecule has 0 aromatic heterocycles. The molecule has 2 nitrogen and oxygen atoms in total. The summed E-state index contributed by atoms with van der Waals surface area (Å²) < 4.78 is 5.34. The molecule has 0 amide bonds. The number of aryl methyl sites for hydroxylation is 1. The lowest BCUT2D eigenvalue weighted by Gasteiger charge is -2.51. The van der Waals surface area contributed by atoms with Crippen LogP contribution >= 0.6 is 0 Å². The molecule has 0 saturated heterocycles. The normalized spacial score (nSPS) is 28.9. The Bertz CT molecular complexity index is 504. The van der Waals surface area contributed by atoms with Crippen molar-refractivity contribution in [2.75, 3.05) is 7.11 Å². The summed E-state index contributed by atoms with van der Waals surface area (Å²) in [5, 5.41) is 0. The minimum Gasteiger partial charge on any atom is -0.496 e. The fourth-order valence-electron chi connectivity index (χ4n) is 4.11. The smallest absolute Gasteiger partial charge is 0.131 e. The van der Waals surface area contributed by atoms with Crippen LogP contribution in [0.15, 0.2) is 18.2 Å². The van der Waals surface area contributed by atoms with Crippen molar-refractivity contribution in [3.05, 3.63) is 29.3 Å². The van der Waals surface area contributed by atoms with Crippen molar-refractivity contribution >= 4 is 6.29 Å². The molecule has 0 radical (unpaired) electrons. The Morgan fingerprint density at radius 3 is 2.55 bits per heavy atom. The number of ether oxygens (including phenoxy) is 1. The second-order valence-electron chi connectivity index (χ2n) is 6.85. The highest BCUT2D eigenvalue weighted by Gasteiger charge is 2.52. The lowest BCUT2D eigenvalue weighted by atomic mass is 9.51. The molecule has 1 aliphatic rings. The van der Waals surface area contributed by atoms with E-state index < -0.39 is 0 Å². The maximum absolute atomic E-state index is 12.1. The van der Waals surface area contributed by atoms with Gasteiger partial charge in [0.1, 0.15) is 12.0 Å². The molecular formula is C18H26O2. The van der Waals surface area contributed by atoms with E-state index in [1.807, 2.05) is 13.0 Å². The van der Waals surface area contributed by atoms with E-state index in [4.69, 9.17) is 4.74 Å². The van der Waals surface area contributed by atoms with E-state index in [9.17, 15) is 4.79 Å². The third-order valence-electron chi connectivity index (χ3n) is 5.39. The highest BCUT2D eigenvalue weighted by molar-refractivity contribution is 5.72. The Labute approximate surface area is 122 Å². The van der Waals surface area contributed by atoms with Gasteiger partial charge < -0.3 is 9.53 Å². The van der Waals surface area contributed by atoms with Gasteiger partial charge in [-0.05, 0) is 48.3 Å². The standard InChI is InChI=1S/C18H26O2/c1-13-11-15(8-9-16(13)20-5)18(12-19)14(2)7-6-10-17(18,3)4/h8-9,11-12,14H,6-7,10H2,1-5H3/t14-,18+/m0/s1. The highest BCUT2D eigenvalue weighted by atomic mass is 16.5. The van der Waals surface area contributed by atoms with Gasteiger partial charge in [-0.25, -0.2) is 0 Å². The second-order valence-corrected chi connectivity index (χ2v) is 6.85. The summed E-state index contributed by atoms with van der Waals surface area (Å²) in [5.74, 6) is 1.26. The molecule has 0 N–H and O–H groups in total. The Kier molecular flexibility index (Phi) is 3.95. The molecule has 110 valence electrons. The summed E-state index contributed by atoms with van der Waals surface area (Å²) >= 11 is 0. The molecule has 2 heteroatoms. The molecular weight excluding hydrogens is 248 g/mol. The zero-order chi connectivity index (χ0) is 15.0. The van der Waals surface area contributed by atoms with Crippen molar-refractivity contribution in [2.45, 2.75) is 52.4 Å². The van der Waals surface area contributed by atoms with Crippen LogP contribution in [0.2, 0.25) is 0 Å². The van der Waals surface area contributed by atoms with E-state index in [1.54, 1.807) is 7.11 Å². The highest BCUT2D eigenvalue weighted by Crippen LogP contribution is 2.54. The molecule has 1 fully saturated rings. The van der Waals surface area contributed by atoms with Crippen molar-refractivity contribution in [3.63, 3.8) is 0 Å². The van der Waals surface area contributed by atoms with Crippen molar-refractivity contribution in [1.82, 2.24) is 0 Å². The van der Waals surface area contributed by atoms with Crippen molar-refractivity contribution in [2.24, 2.45) is 11.3 Å². The first-order chi connectivity index (χ1) is 9.39. The zero-order valence-corrected chi connectivity index (χ0v) is 13.3. The fourth-order valence-corrected chi connectivity index (χ4v) is 4.11. The summed E-state index contributed by atoms with van der Waals surface area (Å²) in [6, 6.07) is 6.20. The summed E-state index contributed by atoms with van der Waals surface area (Å²) in [4.78, 5) is 12.1. The third kappa shape index (κ3) is 2.06. The number of hydrogen-bond acceptors (Lipinski definition) is 2. The van der Waals surface area contributed by atoms with Crippen LogP contribution in [0.3, 0.4) is 0 Å². The zero-order valence-electron chi connectivity index (χ0n) is 13.3. The number of benzene rings is 1. The van der Waals surface area contributed by atoms with Gasteiger partial charge in [-0.2, -0.15) is 0 Å². The largest absolute Gasteiger partial charge is 0.496 e. The van der Waals surface area contributed by atoms with Crippen molar-refractivity contribution in [1.29, 1.82) is 0 Å². The SMILES string of the molecule is COc1ccc([C@@]2(C=O)[C@@H](C)CCCC2(C)C)cc1C. The van der Waals surface area contributed by atoms with Gasteiger partial charge in [0.2, 0.25) is 0 Å². The van der Waals surface area contributed by atoms with Gasteiger partial charge in [0.25, 0.3) is 0 Å². The van der Waals surface area contributed by atoms with E-state index in [0.717, 1.165) is 29.7 Å². The number of aldehydes is 1. The molecule has 1 aromatic rings. The molecule has 1 aromatic carbocycles. The first-order valence-electron chi connectivity index (χ1n) is 7.50. The Morgan fingerprint density at radius 1 is 1.35 bits per heavy atom. The topological polar surface area (TPSA) is 26.3 Å². The van der Waals surface area contributed by atoms with Crippen molar-refractivity contribution < 1.29 is 9.53 Å². The van der Waals surface area contributed by atoms with Gasteiger partial charge in [-0.15, -0.1) is 0 Å². The lowest BCUT2D eigenvalue weighted by molar-refractivity contribution is -0.121. The van der Waals surface area contributed by atoms with Gasteiger partial charge in [0.15, 0.2) is 0 Å². The van der Waals surface area contributed by atoms with E-state index in [2.05, 4.69) is 32.9 Å². The molecule has 0 bridgehead atoms. The van der Waals surface area contributed by atoms with Gasteiger partial charge in [0, 0.05) is 0 Å². The van der Waals surface area contributed by atoms with E-state index in [0.29, 0.717) is 5.92 Å². The minimum absolute atomic E-state index is 0.00650. The molecule has 0 unspecified atom stereocenters. The van der Waals surface area contributed by atoms with Crippen LogP contribution in [0, 0.1) is 18.3 Å². The number of rotatable bonds is 3. The number of methoxy groups -OCH3 is 1. The van der Waals surface area contributed by atoms with Crippen LogP contribution in [0.1, 0.15) is 51.2 Å². The van der Waals surface area contributed by atoms with Gasteiger partial charge >= 0.3 is 0 Å². The Balaban J connectivity index is 2.59. The molecule has 0 aliphatic heterocycles. The molecule has 2 atom stereocenters. The molecule has 20 heavy (non-hydrogen) atoms. The predicted octanol–water partition coefficient (Wildman–Crippen LogP) is 4.29. The average molecular weight is 274 g/mol. The summed E-state index contributed by atoms with van der Waals surface area (Å²) in [7, 11) is 1.69. The molecule has 1 saturated carbocycles. The molecule has 1 aliphatic carbocycles. The second kappa shape index (κ2) is 5.23. The maximum atomic E-state index is 12.1. The van der Waals surface area contributed by atoms with Crippen LogP contribution in [0.5, 0.6) is 5.75 Å². The predicted molar refractivity (Wildman–Crippen MR) is 82.3 cm³/mol. The Morgan fingerprint density at radius 2 is 2.05 bits per heavy atom. The number of carbonyl (C=O) groups is 1. The minimum atomic E-state index is -0.387. The third-order valence-corrected chi connectivity index (χ3v) is 5.39. The first-order valence-corrected chi connectivity index (χ1v) is 7.50. The maximum Gasteiger partial charge on any atom is 0.131 e. The van der Waals surface area contributed by atoms with Crippen LogP contribution in [-0.2, 0) is 10.2 Å². The number of hydrogen-bond donors (Lipinski definition) is 0. The summed E-state index contributed by atoms with van der Waals surface area (Å²) in [6.07, 6.45) is 4.63. The lowest BCUT2D eigenvalue weighted by Crippen LogP contribution is -2.51. The molecule has 0 spiro atoms. The van der Waals surface area contributed by atoms with E-state index in [-0.39, 0.29) is 10.8 Å². The summed E-state index contributed by atoms with van der Waals surface area (Å²) in [6.45, 7) is 8.73. The van der Waals surface area contributed by atoms with E-state index >= 15 is 0 Å². The quantitative estimate of drug-likeness (QED) is 0.769. The molecule has 0 heterocycles. The Hall–Kier alpha value is -1.31.